The third-order valence-corrected chi connectivity index (χ3v) is 2.77. The van der Waals surface area contributed by atoms with E-state index in [1.807, 2.05) is 19.1 Å². The number of urea groups is 1. The molecule has 0 unspecified atom stereocenters. The minimum Gasteiger partial charge on any atom is -0.478 e. The van der Waals surface area contributed by atoms with Crippen LogP contribution in [0.4, 0.5) is 20.6 Å². The molecule has 3 N–H and O–H groups in total. The van der Waals surface area contributed by atoms with Crippen molar-refractivity contribution in [2.45, 2.75) is 6.92 Å². The van der Waals surface area contributed by atoms with Gasteiger partial charge in [-0.1, -0.05) is 17.7 Å². The monoisotopic (exact) mass is 288 g/mol. The summed E-state index contributed by atoms with van der Waals surface area (Å²) in [6, 6.07) is 9.76. The van der Waals surface area contributed by atoms with Crippen molar-refractivity contribution in [3.63, 3.8) is 0 Å². The van der Waals surface area contributed by atoms with Gasteiger partial charge >= 0.3 is 12.0 Å². The Morgan fingerprint density at radius 1 is 1.05 bits per heavy atom. The number of carbonyl (C=O) groups excluding carboxylic acids is 1. The van der Waals surface area contributed by atoms with E-state index in [9.17, 15) is 14.0 Å². The summed E-state index contributed by atoms with van der Waals surface area (Å²) in [4.78, 5) is 22.4. The van der Waals surface area contributed by atoms with Crippen LogP contribution in [0.3, 0.4) is 0 Å². The van der Waals surface area contributed by atoms with Crippen LogP contribution in [-0.4, -0.2) is 17.1 Å². The fourth-order valence-corrected chi connectivity index (χ4v) is 1.67. The lowest BCUT2D eigenvalue weighted by atomic mass is 10.2. The number of rotatable bonds is 3. The van der Waals surface area contributed by atoms with E-state index in [2.05, 4.69) is 10.6 Å². The lowest BCUT2D eigenvalue weighted by Crippen LogP contribution is -2.20. The van der Waals surface area contributed by atoms with Gasteiger partial charge in [0, 0.05) is 5.69 Å². The molecule has 2 amide bonds. The number of hydrogen-bond acceptors (Lipinski definition) is 2. The van der Waals surface area contributed by atoms with Gasteiger partial charge in [0.15, 0.2) is 0 Å². The van der Waals surface area contributed by atoms with E-state index in [1.165, 1.54) is 12.1 Å². The molecule has 5 nitrogen and oxygen atoms in total. The fourth-order valence-electron chi connectivity index (χ4n) is 1.67. The minimum atomic E-state index is -1.23. The number of aryl methyl sites for hydroxylation is 1. The molecular formula is C15H13FN2O3. The van der Waals surface area contributed by atoms with Crippen molar-refractivity contribution < 1.29 is 19.1 Å². The van der Waals surface area contributed by atoms with E-state index in [0.717, 1.165) is 11.6 Å². The van der Waals surface area contributed by atoms with Crippen molar-refractivity contribution in [1.82, 2.24) is 0 Å². The van der Waals surface area contributed by atoms with Crippen molar-refractivity contribution in [2.24, 2.45) is 0 Å². The number of anilines is 2. The number of benzene rings is 2. The van der Waals surface area contributed by atoms with Gasteiger partial charge in [-0.15, -0.1) is 0 Å². The summed E-state index contributed by atoms with van der Waals surface area (Å²) in [5.41, 5.74) is 1.35. The van der Waals surface area contributed by atoms with Crippen LogP contribution in [0.25, 0.3) is 0 Å². The maximum atomic E-state index is 13.7. The van der Waals surface area contributed by atoms with Crippen LogP contribution in [-0.2, 0) is 0 Å². The second-order valence-corrected chi connectivity index (χ2v) is 4.44. The second kappa shape index (κ2) is 6.04. The zero-order valence-electron chi connectivity index (χ0n) is 11.2. The van der Waals surface area contributed by atoms with Gasteiger partial charge in [-0.3, -0.25) is 0 Å². The number of aromatic carboxylic acids is 1. The molecule has 0 bridgehead atoms. The standard InChI is InChI=1S/C15H13FN2O3/c1-9-2-5-11(6-3-9)17-15(21)18-13-7-4-10(14(19)20)8-12(13)16/h2-8H,1H3,(H,19,20)(H2,17,18,21). The van der Waals surface area contributed by atoms with Crippen molar-refractivity contribution in [2.75, 3.05) is 10.6 Å². The highest BCUT2D eigenvalue weighted by atomic mass is 19.1. The molecular weight excluding hydrogens is 275 g/mol. The van der Waals surface area contributed by atoms with E-state index >= 15 is 0 Å². The minimum absolute atomic E-state index is 0.0930. The fraction of sp³-hybridized carbons (Fsp3) is 0.0667. The Morgan fingerprint density at radius 2 is 1.71 bits per heavy atom. The Balaban J connectivity index is 2.06. The average molecular weight is 288 g/mol. The first-order chi connectivity index (χ1) is 9.95. The summed E-state index contributed by atoms with van der Waals surface area (Å²) < 4.78 is 13.7. The summed E-state index contributed by atoms with van der Waals surface area (Å²) in [7, 11) is 0. The van der Waals surface area contributed by atoms with Crippen molar-refractivity contribution in [1.29, 1.82) is 0 Å². The molecule has 0 heterocycles. The van der Waals surface area contributed by atoms with Gasteiger partial charge in [-0.2, -0.15) is 0 Å². The van der Waals surface area contributed by atoms with E-state index < -0.39 is 17.8 Å². The molecule has 0 saturated carbocycles. The van der Waals surface area contributed by atoms with E-state index in [0.29, 0.717) is 5.69 Å². The molecule has 0 radical (unpaired) electrons. The van der Waals surface area contributed by atoms with E-state index in [1.54, 1.807) is 12.1 Å². The predicted molar refractivity (Wildman–Crippen MR) is 77.2 cm³/mol. The van der Waals surface area contributed by atoms with Crippen LogP contribution < -0.4 is 10.6 Å². The molecule has 0 spiro atoms. The van der Waals surface area contributed by atoms with Crippen LogP contribution in [0.5, 0.6) is 0 Å². The topological polar surface area (TPSA) is 78.4 Å². The average Bonchev–Trinajstić information content (AvgIpc) is 2.43. The van der Waals surface area contributed by atoms with Gasteiger partial charge in [0.25, 0.3) is 0 Å². The normalized spacial score (nSPS) is 10.0. The van der Waals surface area contributed by atoms with Gasteiger partial charge < -0.3 is 15.7 Å². The third-order valence-electron chi connectivity index (χ3n) is 2.77. The van der Waals surface area contributed by atoms with Crippen LogP contribution in [0.2, 0.25) is 0 Å². The number of amides is 2. The number of carbonyl (C=O) groups is 2. The van der Waals surface area contributed by atoms with Crippen molar-refractivity contribution in [3.8, 4) is 0 Å². The van der Waals surface area contributed by atoms with Gasteiger partial charge in [0.1, 0.15) is 5.82 Å². The molecule has 0 aliphatic carbocycles. The van der Waals surface area contributed by atoms with Gasteiger partial charge in [0.2, 0.25) is 0 Å². The molecule has 0 atom stereocenters. The summed E-state index contributed by atoms with van der Waals surface area (Å²) in [5.74, 6) is -2.04. The largest absolute Gasteiger partial charge is 0.478 e. The first-order valence-corrected chi connectivity index (χ1v) is 6.13. The Morgan fingerprint density at radius 3 is 2.29 bits per heavy atom. The molecule has 108 valence electrons. The Bertz CT molecular complexity index is 684. The Kier molecular flexibility index (Phi) is 4.18. The van der Waals surface area contributed by atoms with Crippen molar-refractivity contribution in [3.05, 3.63) is 59.4 Å². The molecule has 2 aromatic carbocycles. The zero-order valence-corrected chi connectivity index (χ0v) is 11.2. The number of carboxylic acid groups (broad SMARTS) is 1. The number of halogens is 1. The molecule has 0 aromatic heterocycles. The molecule has 0 fully saturated rings. The molecule has 2 rings (SSSR count). The molecule has 0 aliphatic rings. The first-order valence-electron chi connectivity index (χ1n) is 6.13. The zero-order chi connectivity index (χ0) is 15.4. The SMILES string of the molecule is Cc1ccc(NC(=O)Nc2ccc(C(=O)O)cc2F)cc1. The highest BCUT2D eigenvalue weighted by Gasteiger charge is 2.10. The predicted octanol–water partition coefficient (Wildman–Crippen LogP) is 3.48. The number of carboxylic acids is 1. The Hall–Kier alpha value is -2.89. The lowest BCUT2D eigenvalue weighted by molar-refractivity contribution is 0.0696. The van der Waals surface area contributed by atoms with Crippen LogP contribution in [0, 0.1) is 12.7 Å². The molecule has 0 saturated heterocycles. The summed E-state index contributed by atoms with van der Waals surface area (Å²) >= 11 is 0. The molecule has 21 heavy (non-hydrogen) atoms. The van der Waals surface area contributed by atoms with Gasteiger partial charge in [0.05, 0.1) is 11.3 Å². The lowest BCUT2D eigenvalue weighted by Gasteiger charge is -2.09. The molecule has 6 heteroatoms. The van der Waals surface area contributed by atoms with Gasteiger partial charge in [-0.25, -0.2) is 14.0 Å². The maximum Gasteiger partial charge on any atom is 0.335 e. The first kappa shape index (κ1) is 14.5. The Labute approximate surface area is 120 Å². The summed E-state index contributed by atoms with van der Waals surface area (Å²) in [6.07, 6.45) is 0. The summed E-state index contributed by atoms with van der Waals surface area (Å²) in [5, 5.41) is 13.6. The second-order valence-electron chi connectivity index (χ2n) is 4.44. The van der Waals surface area contributed by atoms with Crippen LogP contribution in [0.15, 0.2) is 42.5 Å². The molecule has 0 aliphatic heterocycles. The van der Waals surface area contributed by atoms with E-state index in [4.69, 9.17) is 5.11 Å². The molecule has 2 aromatic rings. The van der Waals surface area contributed by atoms with Crippen molar-refractivity contribution >= 4 is 23.4 Å². The van der Waals surface area contributed by atoms with Crippen LogP contribution in [0.1, 0.15) is 15.9 Å². The maximum absolute atomic E-state index is 13.7. The van der Waals surface area contributed by atoms with Crippen LogP contribution >= 0.6 is 0 Å². The van der Waals surface area contributed by atoms with Gasteiger partial charge in [-0.05, 0) is 37.3 Å². The highest BCUT2D eigenvalue weighted by Crippen LogP contribution is 2.16. The highest BCUT2D eigenvalue weighted by molar-refractivity contribution is 6.00. The quantitative estimate of drug-likeness (QED) is 0.809. The van der Waals surface area contributed by atoms with E-state index in [-0.39, 0.29) is 11.3 Å². The number of hydrogen-bond donors (Lipinski definition) is 3. The smallest absolute Gasteiger partial charge is 0.335 e. The number of nitrogens with one attached hydrogen (secondary N) is 2. The third kappa shape index (κ3) is 3.79. The summed E-state index contributed by atoms with van der Waals surface area (Å²) in [6.45, 7) is 1.92.